The molecular weight excluding hydrogens is 436 g/mol. The maximum Gasteiger partial charge on any atom is 0.227 e. The van der Waals surface area contributed by atoms with Gasteiger partial charge in [0.2, 0.25) is 10.8 Å². The predicted molar refractivity (Wildman–Crippen MR) is 131 cm³/mol. The van der Waals surface area contributed by atoms with Gasteiger partial charge in [-0.3, -0.25) is 0 Å². The van der Waals surface area contributed by atoms with Crippen molar-refractivity contribution in [3.05, 3.63) is 41.1 Å². The molecule has 2 saturated heterocycles. The van der Waals surface area contributed by atoms with Crippen molar-refractivity contribution >= 4 is 22.9 Å². The fourth-order valence-corrected chi connectivity index (χ4v) is 6.61. The molecule has 178 valence electrons. The molecule has 1 aromatic heterocycles. The number of aromatic nitrogens is 2. The van der Waals surface area contributed by atoms with Gasteiger partial charge < -0.3 is 24.2 Å². The minimum Gasteiger partial charge on any atom is -0.611 e. The van der Waals surface area contributed by atoms with Crippen LogP contribution in [-0.4, -0.2) is 66.3 Å². The molecule has 0 radical (unpaired) electrons. The fourth-order valence-electron chi connectivity index (χ4n) is 5.29. The average Bonchev–Trinajstić information content (AvgIpc) is 3.22. The summed E-state index contributed by atoms with van der Waals surface area (Å²) >= 11 is -1.02. The Bertz CT molecular complexity index is 957. The van der Waals surface area contributed by atoms with Gasteiger partial charge in [0, 0.05) is 51.3 Å². The smallest absolute Gasteiger partial charge is 0.227 e. The molecule has 0 bridgehead atoms. The molecule has 0 saturated carbocycles. The number of benzene rings is 1. The Morgan fingerprint density at radius 3 is 2.61 bits per heavy atom. The molecule has 7 nitrogen and oxygen atoms in total. The van der Waals surface area contributed by atoms with Crippen LogP contribution < -0.4 is 10.2 Å². The molecule has 3 aliphatic rings. The Morgan fingerprint density at radius 2 is 1.91 bits per heavy atom. The van der Waals surface area contributed by atoms with Crippen LogP contribution in [0, 0.1) is 6.92 Å². The summed E-state index contributed by atoms with van der Waals surface area (Å²) in [4.78, 5) is 12.9. The van der Waals surface area contributed by atoms with Crippen molar-refractivity contribution in [1.29, 1.82) is 0 Å². The summed E-state index contributed by atoms with van der Waals surface area (Å²) in [6, 6.07) is 9.19. The van der Waals surface area contributed by atoms with Crippen LogP contribution in [0.15, 0.2) is 29.2 Å². The van der Waals surface area contributed by atoms with Crippen molar-refractivity contribution in [1.82, 2.24) is 9.97 Å². The van der Waals surface area contributed by atoms with Gasteiger partial charge >= 0.3 is 0 Å². The van der Waals surface area contributed by atoms with E-state index in [4.69, 9.17) is 19.4 Å². The molecule has 0 aliphatic carbocycles. The molecule has 0 spiro atoms. The topological polar surface area (TPSA) is 82.6 Å². The van der Waals surface area contributed by atoms with E-state index < -0.39 is 11.2 Å². The zero-order valence-corrected chi connectivity index (χ0v) is 20.5. The van der Waals surface area contributed by atoms with Gasteiger partial charge in [0.15, 0.2) is 5.82 Å². The molecule has 5 rings (SSSR count). The molecule has 8 heteroatoms. The number of anilines is 2. The molecular formula is C25H34N4O3S. The van der Waals surface area contributed by atoms with Gasteiger partial charge in [-0.2, -0.15) is 4.98 Å². The third-order valence-corrected chi connectivity index (χ3v) is 8.79. The molecule has 1 unspecified atom stereocenters. The Balaban J connectivity index is 1.37. The zero-order chi connectivity index (χ0) is 22.8. The van der Waals surface area contributed by atoms with Gasteiger partial charge in [-0.05, 0) is 49.3 Å². The van der Waals surface area contributed by atoms with Gasteiger partial charge in [0.05, 0.1) is 6.61 Å². The van der Waals surface area contributed by atoms with E-state index in [1.54, 1.807) is 7.11 Å². The van der Waals surface area contributed by atoms with Crippen LogP contribution in [-0.2, 0) is 32.5 Å². The number of nitrogens with zero attached hydrogens (tertiary/aromatic N) is 3. The number of piperidine rings is 1. The number of hydrogen-bond acceptors (Lipinski definition) is 7. The van der Waals surface area contributed by atoms with Crippen molar-refractivity contribution in [2.75, 3.05) is 56.0 Å². The van der Waals surface area contributed by atoms with E-state index in [1.807, 2.05) is 0 Å². The first kappa shape index (κ1) is 22.9. The Kier molecular flexibility index (Phi) is 6.79. The number of nitrogens with one attached hydrogen (secondary N) is 1. The van der Waals surface area contributed by atoms with Crippen LogP contribution in [0.1, 0.15) is 42.5 Å². The molecule has 2 aromatic rings. The first-order valence-corrected chi connectivity index (χ1v) is 13.3. The molecule has 1 atom stereocenters. The van der Waals surface area contributed by atoms with Crippen LogP contribution in [0.4, 0.5) is 11.8 Å². The summed E-state index contributed by atoms with van der Waals surface area (Å²) in [5.74, 6) is 2.17. The van der Waals surface area contributed by atoms with Crippen LogP contribution in [0.5, 0.6) is 0 Å². The lowest BCUT2D eigenvalue weighted by Gasteiger charge is -2.42. The summed E-state index contributed by atoms with van der Waals surface area (Å²) in [6.07, 6.45) is 4.61. The maximum absolute atomic E-state index is 12.7. The number of ether oxygens (including phenoxy) is 2. The summed E-state index contributed by atoms with van der Waals surface area (Å²) in [5, 5.41) is 3.59. The number of fused-ring (bicyclic) bond motifs is 1. The highest BCUT2D eigenvalue weighted by molar-refractivity contribution is 7.91. The van der Waals surface area contributed by atoms with E-state index in [0.717, 1.165) is 80.8 Å². The van der Waals surface area contributed by atoms with Crippen LogP contribution in [0.3, 0.4) is 0 Å². The van der Waals surface area contributed by atoms with Crippen molar-refractivity contribution in [2.24, 2.45) is 0 Å². The lowest BCUT2D eigenvalue weighted by atomic mass is 9.73. The zero-order valence-electron chi connectivity index (χ0n) is 19.6. The highest BCUT2D eigenvalue weighted by Crippen LogP contribution is 2.38. The highest BCUT2D eigenvalue weighted by atomic mass is 32.2. The van der Waals surface area contributed by atoms with E-state index in [0.29, 0.717) is 18.4 Å². The second kappa shape index (κ2) is 9.78. The number of rotatable bonds is 6. The lowest BCUT2D eigenvalue weighted by molar-refractivity contribution is 0.0903. The number of hydrogen-bond donors (Lipinski definition) is 1. The van der Waals surface area contributed by atoms with E-state index >= 15 is 0 Å². The van der Waals surface area contributed by atoms with Gasteiger partial charge in [0.25, 0.3) is 0 Å². The Labute approximate surface area is 199 Å². The minimum absolute atomic E-state index is 0.0142. The molecule has 0 amide bonds. The lowest BCUT2D eigenvalue weighted by Crippen LogP contribution is -2.46. The van der Waals surface area contributed by atoms with E-state index in [-0.39, 0.29) is 5.41 Å². The van der Waals surface area contributed by atoms with Crippen molar-refractivity contribution in [3.8, 4) is 0 Å². The average molecular weight is 471 g/mol. The molecule has 4 heterocycles. The predicted octanol–water partition coefficient (Wildman–Crippen LogP) is 3.22. The van der Waals surface area contributed by atoms with Crippen molar-refractivity contribution in [2.45, 2.75) is 55.4 Å². The summed E-state index contributed by atoms with van der Waals surface area (Å²) < 4.78 is 23.9. The Morgan fingerprint density at radius 1 is 1.18 bits per heavy atom. The first-order valence-electron chi connectivity index (χ1n) is 12.0. The van der Waals surface area contributed by atoms with Crippen molar-refractivity contribution in [3.63, 3.8) is 0 Å². The quantitative estimate of drug-likeness (QED) is 0.649. The van der Waals surface area contributed by atoms with Gasteiger partial charge in [-0.25, -0.2) is 4.98 Å². The molecule has 1 N–H and O–H groups in total. The summed E-state index contributed by atoms with van der Waals surface area (Å²) in [6.45, 7) is 6.09. The SMILES string of the molecule is COCC1(c2ccc(C)cc2)CCN(c2nc3c(c(NC4CCOCC4)n2)[S+]([O-])CC3)CC1. The second-order valence-electron chi connectivity index (χ2n) is 9.55. The first-order chi connectivity index (χ1) is 16.1. The monoisotopic (exact) mass is 470 g/mol. The second-order valence-corrected chi connectivity index (χ2v) is 11.1. The van der Waals surface area contributed by atoms with Crippen LogP contribution in [0.2, 0.25) is 0 Å². The normalized spacial score (nSPS) is 22.9. The molecule has 2 fully saturated rings. The standard InChI is InChI=1S/C25H34N4O3S/c1-18-3-5-19(6-4-18)25(17-31-2)10-12-29(13-11-25)24-27-21-9-16-33(30)22(21)23(28-24)26-20-7-14-32-15-8-20/h3-6,20H,7-17H2,1-2H3,(H,26,27,28). The van der Waals surface area contributed by atoms with Crippen LogP contribution in [0.25, 0.3) is 0 Å². The molecule has 33 heavy (non-hydrogen) atoms. The third-order valence-electron chi connectivity index (χ3n) is 7.33. The van der Waals surface area contributed by atoms with Gasteiger partial charge in [-0.1, -0.05) is 29.8 Å². The van der Waals surface area contributed by atoms with Crippen LogP contribution >= 0.6 is 0 Å². The van der Waals surface area contributed by atoms with Crippen molar-refractivity contribution < 1.29 is 14.0 Å². The van der Waals surface area contributed by atoms with E-state index in [2.05, 4.69) is 41.4 Å². The highest BCUT2D eigenvalue weighted by Gasteiger charge is 2.39. The number of aryl methyl sites for hydroxylation is 2. The maximum atomic E-state index is 12.7. The fraction of sp³-hybridized carbons (Fsp3) is 0.600. The Hall–Kier alpha value is -1.87. The number of methoxy groups -OCH3 is 1. The largest absolute Gasteiger partial charge is 0.611 e. The van der Waals surface area contributed by atoms with E-state index in [9.17, 15) is 4.55 Å². The molecule has 3 aliphatic heterocycles. The van der Waals surface area contributed by atoms with Gasteiger partial charge in [-0.15, -0.1) is 0 Å². The summed E-state index contributed by atoms with van der Waals surface area (Å²) in [5.41, 5.74) is 3.58. The molecule has 1 aromatic carbocycles. The summed E-state index contributed by atoms with van der Waals surface area (Å²) in [7, 11) is 1.79. The third kappa shape index (κ3) is 4.71. The van der Waals surface area contributed by atoms with E-state index in [1.165, 1.54) is 11.1 Å². The van der Waals surface area contributed by atoms with Gasteiger partial charge in [0.1, 0.15) is 11.4 Å². The minimum atomic E-state index is -1.02.